The standard InChI is InChI=1S/C13H16Cl2N2/c14-8-1-4-13(12(15)5-8)17-10-2-3-11(17)7-9(16)6-10/h1,4-5,9-11H,2-3,6-7,16H2. The minimum atomic E-state index is 0.356. The molecule has 0 amide bonds. The van der Waals surface area contributed by atoms with Crippen molar-refractivity contribution in [1.82, 2.24) is 0 Å². The smallest absolute Gasteiger partial charge is 0.0654 e. The van der Waals surface area contributed by atoms with E-state index in [0.29, 0.717) is 23.1 Å². The third kappa shape index (κ3) is 2.03. The minimum Gasteiger partial charge on any atom is -0.364 e. The van der Waals surface area contributed by atoms with E-state index in [4.69, 9.17) is 28.9 Å². The molecule has 17 heavy (non-hydrogen) atoms. The van der Waals surface area contributed by atoms with Crippen LogP contribution in [0.2, 0.25) is 10.0 Å². The lowest BCUT2D eigenvalue weighted by molar-refractivity contribution is 0.414. The fraction of sp³-hybridized carbons (Fsp3) is 0.538. The predicted molar refractivity (Wildman–Crippen MR) is 73.0 cm³/mol. The lowest BCUT2D eigenvalue weighted by atomic mass is 9.97. The van der Waals surface area contributed by atoms with Crippen LogP contribution in [0.3, 0.4) is 0 Å². The summed E-state index contributed by atoms with van der Waals surface area (Å²) in [4.78, 5) is 2.46. The molecular formula is C13H16Cl2N2. The van der Waals surface area contributed by atoms with Crippen molar-refractivity contribution in [3.8, 4) is 0 Å². The zero-order valence-corrected chi connectivity index (χ0v) is 11.1. The van der Waals surface area contributed by atoms with Crippen LogP contribution < -0.4 is 10.6 Å². The van der Waals surface area contributed by atoms with Crippen LogP contribution in [0, 0.1) is 0 Å². The molecule has 2 heterocycles. The van der Waals surface area contributed by atoms with Crippen LogP contribution in [0.1, 0.15) is 25.7 Å². The average Bonchev–Trinajstić information content (AvgIpc) is 2.53. The molecule has 0 radical (unpaired) electrons. The van der Waals surface area contributed by atoms with E-state index in [9.17, 15) is 0 Å². The van der Waals surface area contributed by atoms with E-state index in [2.05, 4.69) is 4.90 Å². The summed E-state index contributed by atoms with van der Waals surface area (Å²) in [5, 5.41) is 1.45. The highest BCUT2D eigenvalue weighted by Crippen LogP contribution is 2.42. The summed E-state index contributed by atoms with van der Waals surface area (Å²) in [5.41, 5.74) is 7.20. The van der Waals surface area contributed by atoms with E-state index in [1.807, 2.05) is 18.2 Å². The Morgan fingerprint density at radius 2 is 1.76 bits per heavy atom. The van der Waals surface area contributed by atoms with Crippen molar-refractivity contribution in [2.75, 3.05) is 4.90 Å². The van der Waals surface area contributed by atoms with Crippen molar-refractivity contribution in [3.05, 3.63) is 28.2 Å². The summed E-state index contributed by atoms with van der Waals surface area (Å²) >= 11 is 12.2. The van der Waals surface area contributed by atoms with Gasteiger partial charge in [-0.15, -0.1) is 0 Å². The maximum atomic E-state index is 6.30. The molecule has 0 spiro atoms. The molecule has 2 nitrogen and oxygen atoms in total. The van der Waals surface area contributed by atoms with E-state index in [1.165, 1.54) is 12.8 Å². The summed E-state index contributed by atoms with van der Waals surface area (Å²) < 4.78 is 0. The van der Waals surface area contributed by atoms with Gasteiger partial charge in [0.2, 0.25) is 0 Å². The molecule has 2 fully saturated rings. The SMILES string of the molecule is NC1CC2CCC(C1)N2c1ccc(Cl)cc1Cl. The maximum Gasteiger partial charge on any atom is 0.0654 e. The van der Waals surface area contributed by atoms with E-state index >= 15 is 0 Å². The van der Waals surface area contributed by atoms with Crippen LogP contribution in [-0.2, 0) is 0 Å². The Labute approximate surface area is 112 Å². The molecule has 0 saturated carbocycles. The van der Waals surface area contributed by atoms with E-state index < -0.39 is 0 Å². The van der Waals surface area contributed by atoms with E-state index in [-0.39, 0.29) is 0 Å². The fourth-order valence-electron chi connectivity index (χ4n) is 3.30. The quantitative estimate of drug-likeness (QED) is 0.847. The number of rotatable bonds is 1. The van der Waals surface area contributed by atoms with Gasteiger partial charge in [0.1, 0.15) is 0 Å². The Kier molecular flexibility index (Phi) is 2.97. The maximum absolute atomic E-state index is 6.30. The molecular weight excluding hydrogens is 255 g/mol. The summed E-state index contributed by atoms with van der Waals surface area (Å²) in [6, 6.07) is 7.25. The topological polar surface area (TPSA) is 29.3 Å². The number of benzene rings is 1. The van der Waals surface area contributed by atoms with Crippen LogP contribution in [0.5, 0.6) is 0 Å². The Bertz CT molecular complexity index is 421. The predicted octanol–water partition coefficient (Wildman–Crippen LogP) is 3.45. The van der Waals surface area contributed by atoms with Gasteiger partial charge in [-0.3, -0.25) is 0 Å². The van der Waals surface area contributed by atoms with Crippen LogP contribution in [0.25, 0.3) is 0 Å². The number of nitrogens with two attached hydrogens (primary N) is 1. The van der Waals surface area contributed by atoms with Gasteiger partial charge in [0.05, 0.1) is 10.7 Å². The van der Waals surface area contributed by atoms with Gasteiger partial charge in [0.25, 0.3) is 0 Å². The highest BCUT2D eigenvalue weighted by Gasteiger charge is 2.40. The molecule has 0 aliphatic carbocycles. The molecule has 2 aliphatic heterocycles. The molecule has 2 saturated heterocycles. The Morgan fingerprint density at radius 1 is 1.12 bits per heavy atom. The number of anilines is 1. The number of hydrogen-bond acceptors (Lipinski definition) is 2. The van der Waals surface area contributed by atoms with E-state index in [0.717, 1.165) is 23.6 Å². The normalized spacial score (nSPS) is 31.9. The van der Waals surface area contributed by atoms with Gasteiger partial charge in [0, 0.05) is 23.1 Å². The van der Waals surface area contributed by atoms with Crippen LogP contribution in [0.15, 0.2) is 18.2 Å². The van der Waals surface area contributed by atoms with Crippen molar-refractivity contribution in [2.24, 2.45) is 5.73 Å². The first-order valence-electron chi connectivity index (χ1n) is 6.14. The second-order valence-electron chi connectivity index (χ2n) is 5.12. The second-order valence-corrected chi connectivity index (χ2v) is 5.96. The average molecular weight is 271 g/mol. The summed E-state index contributed by atoms with van der Waals surface area (Å²) in [5.74, 6) is 0. The monoisotopic (exact) mass is 270 g/mol. The molecule has 0 aromatic heterocycles. The summed E-state index contributed by atoms with van der Waals surface area (Å²) in [6.07, 6.45) is 4.62. The molecule has 3 rings (SSSR count). The van der Waals surface area contributed by atoms with Crippen LogP contribution in [-0.4, -0.2) is 18.1 Å². The largest absolute Gasteiger partial charge is 0.364 e. The molecule has 1 aromatic carbocycles. The number of nitrogens with zero attached hydrogens (tertiary/aromatic N) is 1. The number of fused-ring (bicyclic) bond motifs is 2. The van der Waals surface area contributed by atoms with Gasteiger partial charge in [0.15, 0.2) is 0 Å². The highest BCUT2D eigenvalue weighted by molar-refractivity contribution is 6.36. The first-order valence-corrected chi connectivity index (χ1v) is 6.89. The first-order chi connectivity index (χ1) is 8.15. The second kappa shape index (κ2) is 4.34. The van der Waals surface area contributed by atoms with Gasteiger partial charge in [-0.2, -0.15) is 0 Å². The molecule has 2 unspecified atom stereocenters. The molecule has 2 N–H and O–H groups in total. The van der Waals surface area contributed by atoms with Crippen LogP contribution in [0.4, 0.5) is 5.69 Å². The number of hydrogen-bond donors (Lipinski definition) is 1. The zero-order chi connectivity index (χ0) is 12.0. The molecule has 4 heteroatoms. The lowest BCUT2D eigenvalue weighted by Crippen LogP contribution is -2.47. The van der Waals surface area contributed by atoms with Gasteiger partial charge >= 0.3 is 0 Å². The van der Waals surface area contributed by atoms with Gasteiger partial charge in [-0.05, 0) is 43.9 Å². The lowest BCUT2D eigenvalue weighted by Gasteiger charge is -2.40. The minimum absolute atomic E-state index is 0.356. The number of piperidine rings is 1. The van der Waals surface area contributed by atoms with Crippen molar-refractivity contribution in [3.63, 3.8) is 0 Å². The third-order valence-corrected chi connectivity index (χ3v) is 4.50. The summed E-state index contributed by atoms with van der Waals surface area (Å²) in [7, 11) is 0. The van der Waals surface area contributed by atoms with Crippen molar-refractivity contribution in [2.45, 2.75) is 43.8 Å². The third-order valence-electron chi connectivity index (χ3n) is 3.96. The first kappa shape index (κ1) is 11.6. The Morgan fingerprint density at radius 3 is 2.35 bits per heavy atom. The Balaban J connectivity index is 1.94. The van der Waals surface area contributed by atoms with Crippen molar-refractivity contribution >= 4 is 28.9 Å². The zero-order valence-electron chi connectivity index (χ0n) is 9.57. The van der Waals surface area contributed by atoms with Crippen LogP contribution >= 0.6 is 23.2 Å². The molecule has 92 valence electrons. The molecule has 1 aromatic rings. The van der Waals surface area contributed by atoms with E-state index in [1.54, 1.807) is 0 Å². The summed E-state index contributed by atoms with van der Waals surface area (Å²) in [6.45, 7) is 0. The Hall–Kier alpha value is -0.440. The molecule has 2 bridgehead atoms. The van der Waals surface area contributed by atoms with Crippen molar-refractivity contribution in [1.29, 1.82) is 0 Å². The van der Waals surface area contributed by atoms with Gasteiger partial charge in [-0.1, -0.05) is 23.2 Å². The highest BCUT2D eigenvalue weighted by atomic mass is 35.5. The van der Waals surface area contributed by atoms with Crippen molar-refractivity contribution < 1.29 is 0 Å². The fourth-order valence-corrected chi connectivity index (χ4v) is 3.81. The van der Waals surface area contributed by atoms with Gasteiger partial charge < -0.3 is 10.6 Å². The van der Waals surface area contributed by atoms with Gasteiger partial charge in [-0.25, -0.2) is 0 Å². The number of halogens is 2. The molecule has 2 atom stereocenters. The molecule has 2 aliphatic rings.